The number of furan rings is 1. The number of nitrogens with zero attached hydrogens (tertiary/aromatic N) is 2. The second-order valence-corrected chi connectivity index (χ2v) is 7.15. The molecule has 2 heterocycles. The van der Waals surface area contributed by atoms with Gasteiger partial charge in [0.15, 0.2) is 6.61 Å². The summed E-state index contributed by atoms with van der Waals surface area (Å²) < 4.78 is 10.6. The minimum Gasteiger partial charge on any atom is -0.466 e. The molecule has 142 valence electrons. The van der Waals surface area contributed by atoms with E-state index < -0.39 is 12.0 Å². The molecule has 1 aromatic carbocycles. The smallest absolute Gasteiger partial charge is 0.330 e. The van der Waals surface area contributed by atoms with Crippen LogP contribution in [0, 0.1) is 0 Å². The van der Waals surface area contributed by atoms with Crippen LogP contribution in [-0.2, 0) is 19.1 Å². The third kappa shape index (κ3) is 4.16. The van der Waals surface area contributed by atoms with Crippen LogP contribution in [0.2, 0.25) is 0 Å². The minimum absolute atomic E-state index is 0.254. The lowest BCUT2D eigenvalue weighted by atomic mass is 10.2. The molecule has 1 aliphatic heterocycles. The minimum atomic E-state index is -0.752. The topological polar surface area (TPSA) is 80.1 Å². The van der Waals surface area contributed by atoms with Crippen molar-refractivity contribution < 1.29 is 23.5 Å². The number of thioether (sulfide) groups is 1. The van der Waals surface area contributed by atoms with E-state index >= 15 is 0 Å². The van der Waals surface area contributed by atoms with Crippen LogP contribution in [-0.4, -0.2) is 48.1 Å². The average Bonchev–Trinajstić information content (AvgIpc) is 3.35. The van der Waals surface area contributed by atoms with Crippen molar-refractivity contribution in [3.63, 3.8) is 0 Å². The summed E-state index contributed by atoms with van der Waals surface area (Å²) in [6.07, 6.45) is 1.53. The number of ether oxygens (including phenoxy) is 1. The first-order valence-electron chi connectivity index (χ1n) is 8.41. The Kier molecular flexibility index (Phi) is 5.85. The Bertz CT molecular complexity index is 809. The molecule has 27 heavy (non-hydrogen) atoms. The van der Waals surface area contributed by atoms with Gasteiger partial charge in [0, 0.05) is 25.4 Å². The number of carbonyl (C=O) groups is 3. The van der Waals surface area contributed by atoms with Gasteiger partial charge in [0.1, 0.15) is 17.2 Å². The van der Waals surface area contributed by atoms with Gasteiger partial charge in [-0.05, 0) is 24.3 Å². The Morgan fingerprint density at radius 3 is 2.59 bits per heavy atom. The molecule has 7 nitrogen and oxygen atoms in total. The monoisotopic (exact) mass is 388 g/mol. The molecule has 1 saturated heterocycles. The second kappa shape index (κ2) is 8.30. The molecular weight excluding hydrogens is 368 g/mol. The van der Waals surface area contributed by atoms with Gasteiger partial charge in [-0.3, -0.25) is 9.59 Å². The summed E-state index contributed by atoms with van der Waals surface area (Å²) in [5.74, 6) is -0.216. The van der Waals surface area contributed by atoms with Crippen molar-refractivity contribution in [1.29, 1.82) is 0 Å². The molecule has 2 aromatic rings. The highest BCUT2D eigenvalue weighted by molar-refractivity contribution is 7.99. The van der Waals surface area contributed by atoms with Crippen LogP contribution >= 0.6 is 11.8 Å². The zero-order valence-corrected chi connectivity index (χ0v) is 15.8. The van der Waals surface area contributed by atoms with Crippen molar-refractivity contribution >= 4 is 35.2 Å². The van der Waals surface area contributed by atoms with Crippen molar-refractivity contribution in [3.05, 3.63) is 54.5 Å². The SMILES string of the molecule is CC(=O)N1[C@@H](c2ccco2)SC[C@H]1C(=O)OCC(=O)N(C)c1ccccc1. The fourth-order valence-electron chi connectivity index (χ4n) is 2.84. The van der Waals surface area contributed by atoms with Gasteiger partial charge < -0.3 is 19.0 Å². The van der Waals surface area contributed by atoms with Crippen molar-refractivity contribution in [2.45, 2.75) is 18.3 Å². The van der Waals surface area contributed by atoms with E-state index in [2.05, 4.69) is 0 Å². The molecule has 8 heteroatoms. The van der Waals surface area contributed by atoms with Gasteiger partial charge in [-0.25, -0.2) is 4.79 Å². The van der Waals surface area contributed by atoms with Gasteiger partial charge >= 0.3 is 5.97 Å². The Morgan fingerprint density at radius 1 is 1.22 bits per heavy atom. The van der Waals surface area contributed by atoms with Crippen LogP contribution < -0.4 is 4.90 Å². The van der Waals surface area contributed by atoms with Gasteiger partial charge in [-0.1, -0.05) is 18.2 Å². The van der Waals surface area contributed by atoms with E-state index in [-0.39, 0.29) is 23.8 Å². The summed E-state index contributed by atoms with van der Waals surface area (Å²) in [7, 11) is 1.62. The Labute approximate surface area is 161 Å². The molecule has 0 N–H and O–H groups in total. The number of para-hydroxylation sites is 1. The molecule has 0 unspecified atom stereocenters. The van der Waals surface area contributed by atoms with Crippen molar-refractivity contribution in [2.24, 2.45) is 0 Å². The normalized spacial score (nSPS) is 19.0. The number of likely N-dealkylation sites (N-methyl/N-ethyl adjacent to an activating group) is 1. The maximum Gasteiger partial charge on any atom is 0.330 e. The lowest BCUT2D eigenvalue weighted by Crippen LogP contribution is -2.43. The Morgan fingerprint density at radius 2 is 1.96 bits per heavy atom. The Balaban J connectivity index is 1.62. The van der Waals surface area contributed by atoms with Gasteiger partial charge in [0.25, 0.3) is 5.91 Å². The highest BCUT2D eigenvalue weighted by Gasteiger charge is 2.43. The Hall–Kier alpha value is -2.74. The molecule has 1 aromatic heterocycles. The molecule has 2 atom stereocenters. The number of rotatable bonds is 5. The van der Waals surface area contributed by atoms with E-state index in [0.29, 0.717) is 17.2 Å². The zero-order chi connectivity index (χ0) is 19.4. The lowest BCUT2D eigenvalue weighted by molar-refractivity contribution is -0.155. The van der Waals surface area contributed by atoms with E-state index in [1.54, 1.807) is 31.3 Å². The van der Waals surface area contributed by atoms with Gasteiger partial charge in [0.05, 0.1) is 6.26 Å². The van der Waals surface area contributed by atoms with Crippen molar-refractivity contribution in [1.82, 2.24) is 4.90 Å². The number of hydrogen-bond acceptors (Lipinski definition) is 6. The van der Waals surface area contributed by atoms with Crippen LogP contribution in [0.4, 0.5) is 5.69 Å². The highest BCUT2D eigenvalue weighted by Crippen LogP contribution is 2.41. The van der Waals surface area contributed by atoms with E-state index in [1.807, 2.05) is 18.2 Å². The molecular formula is C19H20N2O5S. The predicted molar refractivity (Wildman–Crippen MR) is 101 cm³/mol. The van der Waals surface area contributed by atoms with Crippen LogP contribution in [0.25, 0.3) is 0 Å². The average molecular weight is 388 g/mol. The number of hydrogen-bond donors (Lipinski definition) is 0. The first-order valence-corrected chi connectivity index (χ1v) is 9.46. The summed E-state index contributed by atoms with van der Waals surface area (Å²) in [5.41, 5.74) is 0.707. The maximum absolute atomic E-state index is 12.5. The first kappa shape index (κ1) is 19.0. The van der Waals surface area contributed by atoms with Gasteiger partial charge in [0.2, 0.25) is 5.91 Å². The molecule has 0 saturated carbocycles. The molecule has 2 amide bonds. The van der Waals surface area contributed by atoms with Crippen LogP contribution in [0.1, 0.15) is 18.1 Å². The van der Waals surface area contributed by atoms with E-state index in [1.165, 1.54) is 34.7 Å². The molecule has 1 fully saturated rings. The largest absolute Gasteiger partial charge is 0.466 e. The van der Waals surface area contributed by atoms with Crippen LogP contribution in [0.3, 0.4) is 0 Å². The first-order chi connectivity index (χ1) is 13.0. The zero-order valence-electron chi connectivity index (χ0n) is 15.0. The summed E-state index contributed by atoms with van der Waals surface area (Å²) >= 11 is 1.43. The molecule has 0 aliphatic carbocycles. The third-order valence-electron chi connectivity index (χ3n) is 4.28. The second-order valence-electron chi connectivity index (χ2n) is 6.04. The molecule has 0 radical (unpaired) electrons. The van der Waals surface area contributed by atoms with Crippen LogP contribution in [0.15, 0.2) is 53.1 Å². The van der Waals surface area contributed by atoms with Gasteiger partial charge in [-0.15, -0.1) is 11.8 Å². The highest BCUT2D eigenvalue weighted by atomic mass is 32.2. The number of carbonyl (C=O) groups excluding carboxylic acids is 3. The number of anilines is 1. The predicted octanol–water partition coefficient (Wildman–Crippen LogP) is 2.45. The maximum atomic E-state index is 12.5. The molecule has 1 aliphatic rings. The van der Waals surface area contributed by atoms with Crippen LogP contribution in [0.5, 0.6) is 0 Å². The molecule has 0 spiro atoms. The van der Waals surface area contributed by atoms with E-state index in [4.69, 9.17) is 9.15 Å². The number of esters is 1. The standard InChI is InChI=1S/C19H20N2O5S/c1-13(22)21-15(12-27-18(21)16-9-6-10-25-16)19(24)26-11-17(23)20(2)14-7-4-3-5-8-14/h3-10,15,18H,11-12H2,1-2H3/t15-,18+/m0/s1. The quantitative estimate of drug-likeness (QED) is 0.732. The summed E-state index contributed by atoms with van der Waals surface area (Å²) in [4.78, 5) is 39.7. The summed E-state index contributed by atoms with van der Waals surface area (Å²) in [5, 5.41) is -0.377. The fourth-order valence-corrected chi connectivity index (χ4v) is 4.26. The summed E-state index contributed by atoms with van der Waals surface area (Å²) in [6.45, 7) is 1.01. The summed E-state index contributed by atoms with van der Waals surface area (Å²) in [6, 6.07) is 11.8. The van der Waals surface area contributed by atoms with E-state index in [0.717, 1.165) is 0 Å². The molecule has 3 rings (SSSR count). The van der Waals surface area contributed by atoms with Crippen molar-refractivity contribution in [2.75, 3.05) is 24.3 Å². The van der Waals surface area contributed by atoms with Gasteiger partial charge in [-0.2, -0.15) is 0 Å². The third-order valence-corrected chi connectivity index (χ3v) is 5.56. The lowest BCUT2D eigenvalue weighted by Gasteiger charge is -2.26. The number of benzene rings is 1. The fraction of sp³-hybridized carbons (Fsp3) is 0.316. The van der Waals surface area contributed by atoms with E-state index in [9.17, 15) is 14.4 Å². The number of amides is 2. The molecule has 0 bridgehead atoms. The van der Waals surface area contributed by atoms with Crippen molar-refractivity contribution in [3.8, 4) is 0 Å².